The number of primary amides is 2. The number of urea groups is 1. The van der Waals surface area contributed by atoms with Gasteiger partial charge in [-0.1, -0.05) is 26.3 Å². The predicted molar refractivity (Wildman–Crippen MR) is 267 cm³/mol. The summed E-state index contributed by atoms with van der Waals surface area (Å²) in [5, 5.41) is 18.9. The van der Waals surface area contributed by atoms with Crippen molar-refractivity contribution in [2.24, 2.45) is 11.5 Å². The summed E-state index contributed by atoms with van der Waals surface area (Å²) in [4.78, 5) is 120. The molecule has 72 heavy (non-hydrogen) atoms. The van der Waals surface area contributed by atoms with Crippen LogP contribution in [0.4, 0.5) is 15.3 Å². The summed E-state index contributed by atoms with van der Waals surface area (Å²) in [6.45, 7) is 7.75. The summed E-state index contributed by atoms with van der Waals surface area (Å²) in [5.74, 6) is -5.85. The molecule has 1 heterocycles. The summed E-state index contributed by atoms with van der Waals surface area (Å²) in [6, 6.07) is 2.60. The number of benzene rings is 1. The molecule has 0 saturated carbocycles. The van der Waals surface area contributed by atoms with Crippen LogP contribution in [0.2, 0.25) is 0 Å². The zero-order valence-electron chi connectivity index (χ0n) is 41.6. The topological polar surface area (TPSA) is 352 Å². The van der Waals surface area contributed by atoms with E-state index in [9.17, 15) is 52.5 Å². The van der Waals surface area contributed by atoms with Crippen LogP contribution in [0.25, 0.3) is 0 Å². The fourth-order valence-corrected chi connectivity index (χ4v) is 7.16. The lowest BCUT2D eigenvalue weighted by Crippen LogP contribution is -2.47. The molecule has 0 aliphatic carbocycles. The number of carboxylic acids is 1. The number of nitrogens with zero attached hydrogens (tertiary/aromatic N) is 2. The van der Waals surface area contributed by atoms with Crippen molar-refractivity contribution in [3.8, 4) is 25.7 Å². The number of terminal acetylenes is 2. The highest BCUT2D eigenvalue weighted by molar-refractivity contribution is 7.53. The molecule has 0 fully saturated rings. The number of carbonyl (C=O) groups is 10. The first kappa shape index (κ1) is 69.2. The molecule has 0 saturated heterocycles. The Morgan fingerprint density at radius 2 is 1.43 bits per heavy atom. The van der Waals surface area contributed by atoms with E-state index in [0.29, 0.717) is 30.8 Å². The van der Waals surface area contributed by atoms with E-state index in [-0.39, 0.29) is 89.8 Å². The molecule has 0 bridgehead atoms. The number of nitrogens with two attached hydrogens (primary N) is 2. The number of aliphatic carboxylic acids is 1. The SMILES string of the molecule is C#C.C#C.CCC.CCOP(=O)(CCCC(N)=O)OCC.[B]C(=O)OCc1ccc(NC(=O)[C@H](CCCNC(N)=O)NC(=O)CNC(=O)CCOCCN2C(=O)C=CC2=O)cc1CN(C)C(=O)CCC(=O)O. The van der Waals surface area contributed by atoms with Crippen molar-refractivity contribution in [3.63, 3.8) is 0 Å². The number of carboxylic acid groups (broad SMARTS) is 1. The number of hydrogen-bond acceptors (Lipinski definition) is 15. The van der Waals surface area contributed by atoms with E-state index in [1.54, 1.807) is 13.8 Å². The number of ether oxygens (including phenoxy) is 2. The van der Waals surface area contributed by atoms with Gasteiger partial charge in [0.05, 0.1) is 52.1 Å². The van der Waals surface area contributed by atoms with Gasteiger partial charge >= 0.3 is 19.6 Å². The molecule has 1 aromatic carbocycles. The van der Waals surface area contributed by atoms with E-state index in [1.807, 2.05) is 0 Å². The molecule has 9 N–H and O–H groups in total. The minimum atomic E-state index is -2.98. The Balaban J connectivity index is -0.00000190. The first-order chi connectivity index (χ1) is 34.1. The molecule has 2 radical (unpaired) electrons. The Morgan fingerprint density at radius 1 is 0.833 bits per heavy atom. The van der Waals surface area contributed by atoms with Crippen LogP contribution in [0.15, 0.2) is 30.4 Å². The molecule has 0 spiro atoms. The summed E-state index contributed by atoms with van der Waals surface area (Å²) in [7, 11) is 3.55. The minimum Gasteiger partial charge on any atom is -0.481 e. The van der Waals surface area contributed by atoms with E-state index in [4.69, 9.17) is 42.9 Å². The number of nitrogens with one attached hydrogen (secondary N) is 4. The summed E-state index contributed by atoms with van der Waals surface area (Å²) in [5.41, 5.74) is 11.2. The molecule has 1 atom stereocenters. The molecule has 0 aromatic heterocycles. The van der Waals surface area contributed by atoms with Crippen LogP contribution >= 0.6 is 7.60 Å². The molecule has 1 aliphatic heterocycles. The van der Waals surface area contributed by atoms with Crippen molar-refractivity contribution in [3.05, 3.63) is 41.5 Å². The molecule has 1 aromatic rings. The van der Waals surface area contributed by atoms with E-state index in [0.717, 1.165) is 17.1 Å². The molecule has 26 heteroatoms. The van der Waals surface area contributed by atoms with Crippen LogP contribution in [-0.2, 0) is 74.6 Å². The Labute approximate surface area is 422 Å². The average Bonchev–Trinajstić information content (AvgIpc) is 3.64. The van der Waals surface area contributed by atoms with E-state index < -0.39 is 79.4 Å². The zero-order valence-corrected chi connectivity index (χ0v) is 42.5. The van der Waals surface area contributed by atoms with Crippen molar-refractivity contribution in [2.45, 2.75) is 98.3 Å². The standard InChI is InChI=1S/C31H40BN7O12.C8H18NO4P.C3H8.2C2H2/c1-38(25(42)8-9-28(45)46)17-20-15-21(5-4-19(20)18-51-30(32)48)36-29(47)22(3-2-11-34-31(33)49)37-24(41)16-35-23(40)10-13-50-14-12-39-26(43)6-7-27(39)44;1-3-12-14(11,13-4-2)7-5-6-8(9)10;1-3-2;2*1-2/h4-7,15,22H,2-3,8-14,16-18H2,1H3,(H,35,40)(H,36,47)(H,37,41)(H,45,46)(H3,33,34,49);3-7H2,1-2H3,(H2,9,10);3H2,1-2H3;2*1-2H/t22-;;;;/m0..../s1. The summed E-state index contributed by atoms with van der Waals surface area (Å²) >= 11 is 0. The smallest absolute Gasteiger partial charge is 0.330 e. The lowest BCUT2D eigenvalue weighted by Gasteiger charge is -2.21. The second kappa shape index (κ2) is 41.7. The molecular weight excluding hydrogens is 962 g/mol. The Morgan fingerprint density at radius 3 is 1.96 bits per heavy atom. The number of anilines is 1. The van der Waals surface area contributed by atoms with Gasteiger partial charge in [-0.3, -0.25) is 52.6 Å². The maximum Gasteiger partial charge on any atom is 0.330 e. The first-order valence-electron chi connectivity index (χ1n) is 22.5. The van der Waals surface area contributed by atoms with Gasteiger partial charge in [-0.25, -0.2) is 4.79 Å². The van der Waals surface area contributed by atoms with E-state index in [2.05, 4.69) is 60.8 Å². The van der Waals surface area contributed by atoms with Crippen LogP contribution in [0.1, 0.15) is 90.2 Å². The molecule has 0 unspecified atom stereocenters. The summed E-state index contributed by atoms with van der Waals surface area (Å²) < 4.78 is 32.0. The van der Waals surface area contributed by atoms with Crippen LogP contribution in [-0.4, -0.2) is 147 Å². The third kappa shape index (κ3) is 34.3. The van der Waals surface area contributed by atoms with Gasteiger partial charge in [0.15, 0.2) is 0 Å². The van der Waals surface area contributed by atoms with Crippen molar-refractivity contribution < 1.29 is 76.1 Å². The van der Waals surface area contributed by atoms with Crippen molar-refractivity contribution in [1.82, 2.24) is 25.8 Å². The van der Waals surface area contributed by atoms with Crippen molar-refractivity contribution in [2.75, 3.05) is 64.6 Å². The van der Waals surface area contributed by atoms with Crippen LogP contribution in [0.3, 0.4) is 0 Å². The third-order valence-electron chi connectivity index (χ3n) is 8.64. The lowest BCUT2D eigenvalue weighted by atomic mass is 10.0. The fourth-order valence-electron chi connectivity index (χ4n) is 5.50. The third-order valence-corrected chi connectivity index (χ3v) is 10.8. The molecular formula is C46H70BN8O16P. The highest BCUT2D eigenvalue weighted by Crippen LogP contribution is 2.48. The highest BCUT2D eigenvalue weighted by Gasteiger charge is 2.25. The number of imide groups is 1. The number of amides is 9. The average molecular weight is 1030 g/mol. The number of rotatable bonds is 30. The van der Waals surface area contributed by atoms with Crippen LogP contribution < -0.4 is 32.7 Å². The first-order valence-corrected chi connectivity index (χ1v) is 24.2. The van der Waals surface area contributed by atoms with Gasteiger partial charge in [0, 0.05) is 57.2 Å². The maximum absolute atomic E-state index is 13.3. The molecule has 24 nitrogen and oxygen atoms in total. The van der Waals surface area contributed by atoms with Gasteiger partial charge < -0.3 is 61.3 Å². The minimum absolute atomic E-state index is 0.0152. The number of hydrogen-bond donors (Lipinski definition) is 7. The van der Waals surface area contributed by atoms with Gasteiger partial charge in [0.25, 0.3) is 11.8 Å². The molecule has 9 amide bonds. The largest absolute Gasteiger partial charge is 0.481 e. The second-order valence-electron chi connectivity index (χ2n) is 14.5. The molecule has 1 aliphatic rings. The summed E-state index contributed by atoms with van der Waals surface area (Å²) in [6.07, 6.45) is 20.0. The molecule has 398 valence electrons. The van der Waals surface area contributed by atoms with E-state index >= 15 is 0 Å². The second-order valence-corrected chi connectivity index (χ2v) is 16.7. The Kier molecular flexibility index (Phi) is 40.1. The van der Waals surface area contributed by atoms with Gasteiger partial charge in [0.1, 0.15) is 12.6 Å². The van der Waals surface area contributed by atoms with Crippen molar-refractivity contribution >= 4 is 80.3 Å². The quantitative estimate of drug-likeness (QED) is 0.0191. The Bertz CT molecular complexity index is 2000. The predicted octanol–water partition coefficient (Wildman–Crippen LogP) is 2.07. The fraction of sp³-hybridized carbons (Fsp3) is 0.522. The van der Waals surface area contributed by atoms with Crippen molar-refractivity contribution in [1.29, 1.82) is 0 Å². The lowest BCUT2D eigenvalue weighted by molar-refractivity contribution is -0.140. The normalized spacial score (nSPS) is 11.4. The maximum atomic E-state index is 13.3. The number of carbonyl (C=O) groups excluding carboxylic acids is 9. The highest BCUT2D eigenvalue weighted by atomic mass is 31.2. The van der Waals surface area contributed by atoms with Crippen LogP contribution in [0, 0.1) is 25.7 Å². The molecule has 2 rings (SSSR count). The monoisotopic (exact) mass is 1030 g/mol. The Hall–Kier alpha value is -7.05. The van der Waals surface area contributed by atoms with Gasteiger partial charge in [-0.2, -0.15) is 0 Å². The van der Waals surface area contributed by atoms with Gasteiger partial charge in [-0.05, 0) is 56.4 Å². The zero-order chi connectivity index (χ0) is 55.7. The van der Waals surface area contributed by atoms with Gasteiger partial charge in [0.2, 0.25) is 43.3 Å². The van der Waals surface area contributed by atoms with E-state index in [1.165, 1.54) is 36.6 Å². The van der Waals surface area contributed by atoms with Gasteiger partial charge in [-0.15, -0.1) is 25.7 Å². The van der Waals surface area contributed by atoms with Crippen LogP contribution in [0.5, 0.6) is 0 Å².